The van der Waals surface area contributed by atoms with Crippen molar-refractivity contribution in [2.45, 2.75) is 18.3 Å². The maximum Gasteiger partial charge on any atom is 0.387 e. The van der Waals surface area contributed by atoms with Crippen LogP contribution < -0.4 is 10.1 Å². The molecule has 0 fully saturated rings. The van der Waals surface area contributed by atoms with Crippen LogP contribution >= 0.6 is 11.8 Å². The molecule has 6 nitrogen and oxygen atoms in total. The van der Waals surface area contributed by atoms with Crippen molar-refractivity contribution in [1.29, 1.82) is 0 Å². The number of amides is 1. The summed E-state index contributed by atoms with van der Waals surface area (Å²) in [5, 5.41) is 10.8. The number of nitrogens with one attached hydrogen (secondary N) is 1. The molecule has 140 valence electrons. The van der Waals surface area contributed by atoms with Crippen LogP contribution in [0, 0.1) is 0 Å². The molecule has 2 aromatic carbocycles. The Labute approximate surface area is 157 Å². The lowest BCUT2D eigenvalue weighted by atomic mass is 10.2. The SMILES string of the molecule is O=C(CSc1nnc(Cc2ccccc2)o1)Nc1ccc(OC(F)F)cc1. The van der Waals surface area contributed by atoms with Crippen LogP contribution in [0.1, 0.15) is 11.5 Å². The van der Waals surface area contributed by atoms with Crippen LogP contribution in [0.3, 0.4) is 0 Å². The standard InChI is InChI=1S/C18H15F2N3O3S/c19-17(20)25-14-8-6-13(7-9-14)21-15(24)11-27-18-23-22-16(26-18)10-12-4-2-1-3-5-12/h1-9,17H,10-11H2,(H,21,24). The molecular formula is C18H15F2N3O3S. The summed E-state index contributed by atoms with van der Waals surface area (Å²) in [7, 11) is 0. The van der Waals surface area contributed by atoms with E-state index in [0.717, 1.165) is 17.3 Å². The number of alkyl halides is 2. The van der Waals surface area contributed by atoms with Gasteiger partial charge in [-0.3, -0.25) is 4.79 Å². The summed E-state index contributed by atoms with van der Waals surface area (Å²) in [5.41, 5.74) is 1.52. The van der Waals surface area contributed by atoms with Crippen LogP contribution in [0.25, 0.3) is 0 Å². The Kier molecular flexibility index (Phi) is 6.37. The molecule has 0 bridgehead atoms. The summed E-state index contributed by atoms with van der Waals surface area (Å²) in [4.78, 5) is 12.0. The van der Waals surface area contributed by atoms with Gasteiger partial charge in [-0.05, 0) is 29.8 Å². The number of nitrogens with zero attached hydrogens (tertiary/aromatic N) is 2. The summed E-state index contributed by atoms with van der Waals surface area (Å²) in [6.07, 6.45) is 0.521. The predicted octanol–water partition coefficient (Wildman–Crippen LogP) is 3.99. The van der Waals surface area contributed by atoms with Gasteiger partial charge in [-0.2, -0.15) is 8.78 Å². The van der Waals surface area contributed by atoms with E-state index in [4.69, 9.17) is 4.42 Å². The minimum Gasteiger partial charge on any atom is -0.435 e. The van der Waals surface area contributed by atoms with Gasteiger partial charge < -0.3 is 14.5 Å². The van der Waals surface area contributed by atoms with Crippen LogP contribution in [-0.4, -0.2) is 28.5 Å². The molecule has 9 heteroatoms. The molecule has 1 N–H and O–H groups in total. The maximum absolute atomic E-state index is 12.1. The molecule has 0 radical (unpaired) electrons. The third-order valence-electron chi connectivity index (χ3n) is 3.34. The number of halogens is 2. The molecule has 1 amide bonds. The zero-order valence-corrected chi connectivity index (χ0v) is 14.8. The second kappa shape index (κ2) is 9.13. The molecule has 0 saturated carbocycles. The highest BCUT2D eigenvalue weighted by Gasteiger charge is 2.11. The Bertz CT molecular complexity index is 873. The number of hydrogen-bond acceptors (Lipinski definition) is 6. The van der Waals surface area contributed by atoms with Gasteiger partial charge >= 0.3 is 6.61 Å². The zero-order chi connectivity index (χ0) is 19.1. The van der Waals surface area contributed by atoms with Crippen molar-refractivity contribution < 1.29 is 22.7 Å². The second-order valence-corrected chi connectivity index (χ2v) is 6.29. The summed E-state index contributed by atoms with van der Waals surface area (Å²) in [6, 6.07) is 15.4. The number of carbonyl (C=O) groups is 1. The number of ether oxygens (including phenoxy) is 1. The third-order valence-corrected chi connectivity index (χ3v) is 4.15. The summed E-state index contributed by atoms with van der Waals surface area (Å²) >= 11 is 1.11. The molecular weight excluding hydrogens is 376 g/mol. The topological polar surface area (TPSA) is 77.2 Å². The summed E-state index contributed by atoms with van der Waals surface area (Å²) in [6.45, 7) is -2.89. The fourth-order valence-corrected chi connectivity index (χ4v) is 2.76. The highest BCUT2D eigenvalue weighted by molar-refractivity contribution is 7.99. The first-order valence-corrected chi connectivity index (χ1v) is 8.91. The van der Waals surface area contributed by atoms with Gasteiger partial charge in [-0.1, -0.05) is 42.1 Å². The number of hydrogen-bond donors (Lipinski definition) is 1. The quantitative estimate of drug-likeness (QED) is 0.585. The van der Waals surface area contributed by atoms with Crippen molar-refractivity contribution in [3.05, 3.63) is 66.1 Å². The van der Waals surface area contributed by atoms with Gasteiger partial charge in [0.15, 0.2) is 0 Å². The highest BCUT2D eigenvalue weighted by Crippen LogP contribution is 2.20. The highest BCUT2D eigenvalue weighted by atomic mass is 32.2. The van der Waals surface area contributed by atoms with E-state index in [0.29, 0.717) is 23.2 Å². The molecule has 0 unspecified atom stereocenters. The van der Waals surface area contributed by atoms with Gasteiger partial charge in [0.05, 0.1) is 12.2 Å². The first-order valence-electron chi connectivity index (χ1n) is 7.92. The Morgan fingerprint density at radius 1 is 1.11 bits per heavy atom. The van der Waals surface area contributed by atoms with E-state index in [9.17, 15) is 13.6 Å². The van der Waals surface area contributed by atoms with E-state index in [-0.39, 0.29) is 17.4 Å². The van der Waals surface area contributed by atoms with Gasteiger partial charge in [0.25, 0.3) is 5.22 Å². The van der Waals surface area contributed by atoms with E-state index in [2.05, 4.69) is 20.3 Å². The fourth-order valence-electron chi connectivity index (χ4n) is 2.18. The molecule has 1 heterocycles. The van der Waals surface area contributed by atoms with Crippen molar-refractivity contribution >= 4 is 23.4 Å². The van der Waals surface area contributed by atoms with Crippen molar-refractivity contribution in [3.8, 4) is 5.75 Å². The van der Waals surface area contributed by atoms with E-state index >= 15 is 0 Å². The Hall–Kier alpha value is -2.94. The van der Waals surface area contributed by atoms with Crippen LogP contribution in [0.2, 0.25) is 0 Å². The van der Waals surface area contributed by atoms with Crippen LogP contribution in [0.4, 0.5) is 14.5 Å². The van der Waals surface area contributed by atoms with Crippen LogP contribution in [-0.2, 0) is 11.2 Å². The van der Waals surface area contributed by atoms with Gasteiger partial charge in [0.2, 0.25) is 11.8 Å². The van der Waals surface area contributed by atoms with Crippen LogP contribution in [0.5, 0.6) is 5.75 Å². The molecule has 1 aromatic heterocycles. The van der Waals surface area contributed by atoms with Crippen molar-refractivity contribution in [1.82, 2.24) is 10.2 Å². The molecule has 0 atom stereocenters. The Morgan fingerprint density at radius 3 is 2.56 bits per heavy atom. The number of anilines is 1. The van der Waals surface area contributed by atoms with E-state index < -0.39 is 6.61 Å². The average Bonchev–Trinajstić information content (AvgIpc) is 3.09. The lowest BCUT2D eigenvalue weighted by Crippen LogP contribution is -2.14. The van der Waals surface area contributed by atoms with E-state index in [1.54, 1.807) is 0 Å². The van der Waals surface area contributed by atoms with Gasteiger partial charge in [-0.15, -0.1) is 10.2 Å². The average molecular weight is 391 g/mol. The number of aromatic nitrogens is 2. The van der Waals surface area contributed by atoms with Gasteiger partial charge in [0, 0.05) is 5.69 Å². The van der Waals surface area contributed by atoms with Crippen molar-refractivity contribution in [2.75, 3.05) is 11.1 Å². The number of rotatable bonds is 8. The molecule has 0 aliphatic carbocycles. The van der Waals surface area contributed by atoms with Crippen molar-refractivity contribution in [2.24, 2.45) is 0 Å². The number of carbonyl (C=O) groups excluding carboxylic acids is 1. The monoisotopic (exact) mass is 391 g/mol. The largest absolute Gasteiger partial charge is 0.435 e. The molecule has 0 spiro atoms. The molecule has 3 rings (SSSR count). The maximum atomic E-state index is 12.1. The molecule has 3 aromatic rings. The predicted molar refractivity (Wildman–Crippen MR) is 96.0 cm³/mol. The summed E-state index contributed by atoms with van der Waals surface area (Å²) in [5.74, 6) is 0.278. The minimum atomic E-state index is -2.89. The zero-order valence-electron chi connectivity index (χ0n) is 14.0. The van der Waals surface area contributed by atoms with Gasteiger partial charge in [-0.25, -0.2) is 0 Å². The molecule has 27 heavy (non-hydrogen) atoms. The first kappa shape index (κ1) is 18.8. The normalized spacial score (nSPS) is 10.8. The lowest BCUT2D eigenvalue weighted by molar-refractivity contribution is -0.113. The van der Waals surface area contributed by atoms with E-state index in [1.807, 2.05) is 30.3 Å². The minimum absolute atomic E-state index is 0.0224. The molecule has 0 aliphatic heterocycles. The number of thioether (sulfide) groups is 1. The molecule has 0 saturated heterocycles. The fraction of sp³-hybridized carbons (Fsp3) is 0.167. The first-order chi connectivity index (χ1) is 13.1. The molecule has 0 aliphatic rings. The smallest absolute Gasteiger partial charge is 0.387 e. The lowest BCUT2D eigenvalue weighted by Gasteiger charge is -2.06. The third kappa shape index (κ3) is 6.07. The Balaban J connectivity index is 1.46. The van der Waals surface area contributed by atoms with Gasteiger partial charge in [0.1, 0.15) is 5.75 Å². The van der Waals surface area contributed by atoms with E-state index in [1.165, 1.54) is 24.3 Å². The summed E-state index contributed by atoms with van der Waals surface area (Å²) < 4.78 is 34.0. The number of benzene rings is 2. The van der Waals surface area contributed by atoms with Crippen LogP contribution in [0.15, 0.2) is 64.2 Å². The van der Waals surface area contributed by atoms with Crippen molar-refractivity contribution in [3.63, 3.8) is 0 Å². The Morgan fingerprint density at radius 2 is 1.85 bits per heavy atom. The second-order valence-electron chi connectivity index (χ2n) is 5.36.